The average Bonchev–Trinajstić information content (AvgIpc) is 2.17. The maximum atomic E-state index is 11.5. The molecule has 3 nitrogen and oxygen atoms in total. The number of amides is 1. The molecule has 0 aromatic rings. The Bertz CT molecular complexity index is 174. The quantitative estimate of drug-likeness (QED) is 0.651. The van der Waals surface area contributed by atoms with Crippen molar-refractivity contribution in [1.82, 2.24) is 5.32 Å². The summed E-state index contributed by atoms with van der Waals surface area (Å²) < 4.78 is 0. The molecule has 0 rings (SSSR count). The second kappa shape index (κ2) is 11.2. The Kier molecular flexibility index (Phi) is 12.7. The van der Waals surface area contributed by atoms with Crippen LogP contribution in [0.25, 0.3) is 0 Å². The summed E-state index contributed by atoms with van der Waals surface area (Å²) in [7, 11) is 0. The van der Waals surface area contributed by atoms with Crippen LogP contribution in [0.15, 0.2) is 0 Å². The summed E-state index contributed by atoms with van der Waals surface area (Å²) >= 11 is 0. The van der Waals surface area contributed by atoms with Crippen molar-refractivity contribution in [2.24, 2.45) is 11.7 Å². The minimum Gasteiger partial charge on any atom is -0.353 e. The molecular formula is C12H27ClN2O. The SMILES string of the molecule is CC(C)C(C)NC(=O)CCCCCCN.Cl. The minimum absolute atomic E-state index is 0. The Morgan fingerprint density at radius 1 is 1.12 bits per heavy atom. The first-order valence-electron chi connectivity index (χ1n) is 6.07. The Balaban J connectivity index is 0. The van der Waals surface area contributed by atoms with Crippen LogP contribution in [-0.2, 0) is 4.79 Å². The van der Waals surface area contributed by atoms with E-state index in [0.29, 0.717) is 12.3 Å². The number of hydrogen-bond acceptors (Lipinski definition) is 2. The number of carbonyl (C=O) groups is 1. The van der Waals surface area contributed by atoms with Crippen molar-refractivity contribution in [2.75, 3.05) is 6.54 Å². The summed E-state index contributed by atoms with van der Waals surface area (Å²) in [5.74, 6) is 0.690. The van der Waals surface area contributed by atoms with E-state index in [1.807, 2.05) is 0 Å². The zero-order valence-electron chi connectivity index (χ0n) is 10.8. The molecule has 98 valence electrons. The van der Waals surface area contributed by atoms with Crippen LogP contribution in [-0.4, -0.2) is 18.5 Å². The summed E-state index contributed by atoms with van der Waals surface area (Å²) in [6, 6.07) is 0.279. The average molecular weight is 251 g/mol. The van der Waals surface area contributed by atoms with Gasteiger partial charge in [-0.1, -0.05) is 26.7 Å². The molecule has 1 amide bonds. The molecule has 4 heteroatoms. The van der Waals surface area contributed by atoms with Gasteiger partial charge in [0.25, 0.3) is 0 Å². The molecule has 0 bridgehead atoms. The predicted molar refractivity (Wildman–Crippen MR) is 71.8 cm³/mol. The largest absolute Gasteiger partial charge is 0.353 e. The number of rotatable bonds is 8. The molecule has 0 aliphatic rings. The van der Waals surface area contributed by atoms with Crippen LogP contribution < -0.4 is 11.1 Å². The molecule has 0 aromatic carbocycles. The summed E-state index contributed by atoms with van der Waals surface area (Å²) in [5.41, 5.74) is 5.39. The molecule has 1 atom stereocenters. The Morgan fingerprint density at radius 2 is 1.69 bits per heavy atom. The van der Waals surface area contributed by atoms with Gasteiger partial charge in [0, 0.05) is 12.5 Å². The molecule has 0 heterocycles. The normalized spacial score (nSPS) is 12.1. The van der Waals surface area contributed by atoms with E-state index in [-0.39, 0.29) is 24.4 Å². The van der Waals surface area contributed by atoms with E-state index in [0.717, 1.165) is 32.2 Å². The highest BCUT2D eigenvalue weighted by molar-refractivity contribution is 5.85. The molecule has 1 unspecified atom stereocenters. The topological polar surface area (TPSA) is 55.1 Å². The molecule has 3 N–H and O–H groups in total. The molecular weight excluding hydrogens is 224 g/mol. The van der Waals surface area contributed by atoms with E-state index >= 15 is 0 Å². The van der Waals surface area contributed by atoms with Crippen molar-refractivity contribution in [3.05, 3.63) is 0 Å². The van der Waals surface area contributed by atoms with Crippen LogP contribution in [0.4, 0.5) is 0 Å². The second-order valence-corrected chi connectivity index (χ2v) is 4.55. The van der Waals surface area contributed by atoms with Crippen LogP contribution >= 0.6 is 12.4 Å². The molecule has 0 aliphatic carbocycles. The molecule has 16 heavy (non-hydrogen) atoms. The molecule has 0 spiro atoms. The monoisotopic (exact) mass is 250 g/mol. The van der Waals surface area contributed by atoms with Crippen LogP contribution in [0.5, 0.6) is 0 Å². The predicted octanol–water partition coefficient (Wildman–Crippen LogP) is 2.48. The highest BCUT2D eigenvalue weighted by Gasteiger charge is 2.09. The smallest absolute Gasteiger partial charge is 0.220 e. The van der Waals surface area contributed by atoms with E-state index in [9.17, 15) is 4.79 Å². The summed E-state index contributed by atoms with van der Waals surface area (Å²) in [6.45, 7) is 7.05. The van der Waals surface area contributed by atoms with Gasteiger partial charge in [0.05, 0.1) is 0 Å². The first-order valence-corrected chi connectivity index (χ1v) is 6.07. The van der Waals surface area contributed by atoms with Gasteiger partial charge in [-0.3, -0.25) is 4.79 Å². The van der Waals surface area contributed by atoms with E-state index in [1.54, 1.807) is 0 Å². The maximum absolute atomic E-state index is 11.5. The van der Waals surface area contributed by atoms with Crippen LogP contribution in [0, 0.1) is 5.92 Å². The highest BCUT2D eigenvalue weighted by atomic mass is 35.5. The summed E-state index contributed by atoms with van der Waals surface area (Å²) in [5, 5.41) is 3.01. The lowest BCUT2D eigenvalue weighted by Gasteiger charge is -2.17. The number of nitrogens with one attached hydrogen (secondary N) is 1. The number of unbranched alkanes of at least 4 members (excludes halogenated alkanes) is 3. The van der Waals surface area contributed by atoms with Gasteiger partial charge >= 0.3 is 0 Å². The van der Waals surface area contributed by atoms with Gasteiger partial charge in [-0.05, 0) is 32.2 Å². The third-order valence-corrected chi connectivity index (χ3v) is 2.75. The fraction of sp³-hybridized carbons (Fsp3) is 0.917. The minimum atomic E-state index is 0. The Morgan fingerprint density at radius 3 is 2.19 bits per heavy atom. The van der Waals surface area contributed by atoms with Gasteiger partial charge in [0.1, 0.15) is 0 Å². The molecule has 0 saturated heterocycles. The molecule has 0 saturated carbocycles. The lowest BCUT2D eigenvalue weighted by atomic mass is 10.1. The van der Waals surface area contributed by atoms with Gasteiger partial charge in [0.2, 0.25) is 5.91 Å². The third kappa shape index (κ3) is 10.2. The summed E-state index contributed by atoms with van der Waals surface area (Å²) in [4.78, 5) is 11.5. The van der Waals surface area contributed by atoms with Crippen molar-refractivity contribution in [3.63, 3.8) is 0 Å². The van der Waals surface area contributed by atoms with Crippen LogP contribution in [0.2, 0.25) is 0 Å². The van der Waals surface area contributed by atoms with Gasteiger partial charge in [-0.2, -0.15) is 0 Å². The number of hydrogen-bond donors (Lipinski definition) is 2. The number of halogens is 1. The zero-order chi connectivity index (χ0) is 11.7. The molecule has 0 aliphatic heterocycles. The van der Waals surface area contributed by atoms with E-state index < -0.39 is 0 Å². The highest BCUT2D eigenvalue weighted by Crippen LogP contribution is 2.04. The Hall–Kier alpha value is -0.280. The van der Waals surface area contributed by atoms with Gasteiger partial charge in [-0.15, -0.1) is 12.4 Å². The molecule has 0 aromatic heterocycles. The fourth-order valence-corrected chi connectivity index (χ4v) is 1.28. The molecule has 0 radical (unpaired) electrons. The first-order chi connectivity index (χ1) is 7.07. The first kappa shape index (κ1) is 18.1. The van der Waals surface area contributed by atoms with Gasteiger partial charge < -0.3 is 11.1 Å². The number of carbonyl (C=O) groups excluding carboxylic acids is 1. The van der Waals surface area contributed by atoms with Crippen molar-refractivity contribution in [1.29, 1.82) is 0 Å². The lowest BCUT2D eigenvalue weighted by molar-refractivity contribution is -0.122. The standard InChI is InChI=1S/C12H26N2O.ClH/c1-10(2)11(3)14-12(15)8-6-4-5-7-9-13;/h10-11H,4-9,13H2,1-3H3,(H,14,15);1H. The third-order valence-electron chi connectivity index (χ3n) is 2.75. The number of nitrogens with two attached hydrogens (primary N) is 1. The lowest BCUT2D eigenvalue weighted by Crippen LogP contribution is -2.35. The van der Waals surface area contributed by atoms with E-state index in [4.69, 9.17) is 5.73 Å². The Labute approximate surface area is 106 Å². The maximum Gasteiger partial charge on any atom is 0.220 e. The summed E-state index contributed by atoms with van der Waals surface area (Å²) in [6.07, 6.45) is 4.96. The second-order valence-electron chi connectivity index (χ2n) is 4.55. The van der Waals surface area contributed by atoms with Crippen LogP contribution in [0.1, 0.15) is 52.9 Å². The van der Waals surface area contributed by atoms with Crippen molar-refractivity contribution >= 4 is 18.3 Å². The van der Waals surface area contributed by atoms with Crippen molar-refractivity contribution < 1.29 is 4.79 Å². The van der Waals surface area contributed by atoms with E-state index in [1.165, 1.54) is 0 Å². The van der Waals surface area contributed by atoms with Crippen LogP contribution in [0.3, 0.4) is 0 Å². The van der Waals surface area contributed by atoms with Crippen molar-refractivity contribution in [2.45, 2.75) is 58.9 Å². The fourth-order valence-electron chi connectivity index (χ4n) is 1.28. The molecule has 0 fully saturated rings. The van der Waals surface area contributed by atoms with Gasteiger partial charge in [-0.25, -0.2) is 0 Å². The van der Waals surface area contributed by atoms with E-state index in [2.05, 4.69) is 26.1 Å². The zero-order valence-corrected chi connectivity index (χ0v) is 11.6. The van der Waals surface area contributed by atoms with Crippen molar-refractivity contribution in [3.8, 4) is 0 Å². The van der Waals surface area contributed by atoms with Gasteiger partial charge in [0.15, 0.2) is 0 Å².